The zero-order valence-electron chi connectivity index (χ0n) is 17.9. The molecule has 8 nitrogen and oxygen atoms in total. The van der Waals surface area contributed by atoms with Gasteiger partial charge in [0.1, 0.15) is 11.5 Å². The minimum Gasteiger partial charge on any atom is -0.497 e. The summed E-state index contributed by atoms with van der Waals surface area (Å²) in [4.78, 5) is 28.5. The molecule has 0 saturated carbocycles. The molecule has 0 radical (unpaired) electrons. The Bertz CT molecular complexity index is 852. The van der Waals surface area contributed by atoms with E-state index in [1.807, 2.05) is 32.0 Å². The van der Waals surface area contributed by atoms with Crippen molar-refractivity contribution >= 4 is 11.9 Å². The fraction of sp³-hybridized carbons (Fsp3) is 0.500. The first-order chi connectivity index (χ1) is 14.5. The zero-order valence-corrected chi connectivity index (χ0v) is 17.9. The van der Waals surface area contributed by atoms with Crippen LogP contribution in [0.3, 0.4) is 0 Å². The molecule has 0 aliphatic carbocycles. The van der Waals surface area contributed by atoms with E-state index < -0.39 is 0 Å². The minimum atomic E-state index is -0.0709. The average Bonchev–Trinajstić information content (AvgIpc) is 3.08. The van der Waals surface area contributed by atoms with Gasteiger partial charge >= 0.3 is 6.03 Å². The van der Waals surface area contributed by atoms with Crippen LogP contribution >= 0.6 is 0 Å². The molecular formula is C22H30N4O4. The third-order valence-electron chi connectivity index (χ3n) is 5.48. The molecule has 3 rings (SSSR count). The lowest BCUT2D eigenvalue weighted by Gasteiger charge is -2.34. The summed E-state index contributed by atoms with van der Waals surface area (Å²) in [6.45, 7) is 6.43. The quantitative estimate of drug-likeness (QED) is 0.703. The molecule has 1 saturated heterocycles. The Morgan fingerprint density at radius 2 is 1.90 bits per heavy atom. The van der Waals surface area contributed by atoms with E-state index in [9.17, 15) is 9.59 Å². The molecule has 1 aromatic carbocycles. The van der Waals surface area contributed by atoms with Gasteiger partial charge in [-0.3, -0.25) is 4.79 Å². The predicted octanol–water partition coefficient (Wildman–Crippen LogP) is 2.33. The fourth-order valence-electron chi connectivity index (χ4n) is 3.60. The van der Waals surface area contributed by atoms with Crippen LogP contribution in [0.1, 0.15) is 29.0 Å². The number of carbonyl (C=O) groups is 2. The minimum absolute atomic E-state index is 0.0442. The number of aromatic nitrogens is 1. The Morgan fingerprint density at radius 3 is 2.57 bits per heavy atom. The summed E-state index contributed by atoms with van der Waals surface area (Å²) in [5, 5.41) is 6.88. The third-order valence-corrected chi connectivity index (χ3v) is 5.48. The van der Waals surface area contributed by atoms with Gasteiger partial charge < -0.3 is 24.4 Å². The first-order valence-corrected chi connectivity index (χ1v) is 10.3. The number of benzene rings is 1. The van der Waals surface area contributed by atoms with E-state index in [2.05, 4.69) is 16.5 Å². The summed E-state index contributed by atoms with van der Waals surface area (Å²) in [6.07, 6.45) is 2.02. The van der Waals surface area contributed by atoms with Crippen LogP contribution < -0.4 is 10.1 Å². The molecule has 0 bridgehead atoms. The molecule has 162 valence electrons. The van der Waals surface area contributed by atoms with Crippen molar-refractivity contribution in [2.24, 2.45) is 0 Å². The molecule has 0 unspecified atom stereocenters. The maximum absolute atomic E-state index is 12.6. The van der Waals surface area contributed by atoms with E-state index in [0.29, 0.717) is 38.5 Å². The van der Waals surface area contributed by atoms with Gasteiger partial charge in [-0.25, -0.2) is 4.79 Å². The molecule has 3 amide bonds. The SMILES string of the molecule is COc1cccc(CCCNC(=O)N2CCN(C(=O)Cc3c(C)noc3C)CC2)c1. The van der Waals surface area contributed by atoms with Crippen LogP contribution in [0, 0.1) is 13.8 Å². The van der Waals surface area contributed by atoms with Crippen LogP contribution in [0.25, 0.3) is 0 Å². The number of nitrogens with zero attached hydrogens (tertiary/aromatic N) is 3. The third kappa shape index (κ3) is 5.52. The van der Waals surface area contributed by atoms with E-state index in [4.69, 9.17) is 9.26 Å². The number of amides is 3. The summed E-state index contributed by atoms with van der Waals surface area (Å²) < 4.78 is 10.4. The lowest BCUT2D eigenvalue weighted by molar-refractivity contribution is -0.131. The van der Waals surface area contributed by atoms with E-state index >= 15 is 0 Å². The number of ether oxygens (including phenoxy) is 1. The van der Waals surface area contributed by atoms with Gasteiger partial charge in [0, 0.05) is 38.3 Å². The van der Waals surface area contributed by atoms with Crippen molar-refractivity contribution in [1.82, 2.24) is 20.3 Å². The monoisotopic (exact) mass is 414 g/mol. The number of hydrogen-bond acceptors (Lipinski definition) is 5. The number of hydrogen-bond donors (Lipinski definition) is 1. The maximum atomic E-state index is 12.6. The van der Waals surface area contributed by atoms with Crippen LogP contribution in [0.2, 0.25) is 0 Å². The molecule has 1 fully saturated rings. The van der Waals surface area contributed by atoms with Crippen LogP contribution in [-0.4, -0.2) is 66.7 Å². The molecule has 2 heterocycles. The Kier molecular flexibility index (Phi) is 7.32. The second-order valence-electron chi connectivity index (χ2n) is 7.53. The molecule has 8 heteroatoms. The summed E-state index contributed by atoms with van der Waals surface area (Å²) in [5.74, 6) is 1.58. The van der Waals surface area contributed by atoms with Gasteiger partial charge in [0.05, 0.1) is 19.2 Å². The molecule has 30 heavy (non-hydrogen) atoms. The topological polar surface area (TPSA) is 87.9 Å². The van der Waals surface area contributed by atoms with Crippen LogP contribution in [-0.2, 0) is 17.6 Å². The number of nitrogens with one attached hydrogen (secondary N) is 1. The number of methoxy groups -OCH3 is 1. The van der Waals surface area contributed by atoms with E-state index in [0.717, 1.165) is 29.8 Å². The second kappa shape index (κ2) is 10.1. The van der Waals surface area contributed by atoms with Crippen LogP contribution in [0.5, 0.6) is 5.75 Å². The van der Waals surface area contributed by atoms with E-state index in [1.54, 1.807) is 16.9 Å². The van der Waals surface area contributed by atoms with Gasteiger partial charge in [-0.1, -0.05) is 17.3 Å². The molecule has 0 atom stereocenters. The lowest BCUT2D eigenvalue weighted by atomic mass is 10.1. The zero-order chi connectivity index (χ0) is 21.5. The Balaban J connectivity index is 1.37. The highest BCUT2D eigenvalue weighted by molar-refractivity contribution is 5.80. The lowest BCUT2D eigenvalue weighted by Crippen LogP contribution is -2.53. The van der Waals surface area contributed by atoms with Crippen LogP contribution in [0.15, 0.2) is 28.8 Å². The highest BCUT2D eigenvalue weighted by Crippen LogP contribution is 2.15. The molecule has 2 aromatic rings. The second-order valence-corrected chi connectivity index (χ2v) is 7.53. The number of urea groups is 1. The summed E-state index contributed by atoms with van der Waals surface area (Å²) >= 11 is 0. The van der Waals surface area contributed by atoms with Gasteiger partial charge in [-0.05, 0) is 44.4 Å². The van der Waals surface area contributed by atoms with Crippen LogP contribution in [0.4, 0.5) is 4.79 Å². The molecule has 1 aliphatic heterocycles. The number of carbonyl (C=O) groups excluding carboxylic acids is 2. The molecule has 1 N–H and O–H groups in total. The fourth-order valence-corrected chi connectivity index (χ4v) is 3.60. The van der Waals surface area contributed by atoms with Gasteiger partial charge in [0.25, 0.3) is 0 Å². The standard InChI is InChI=1S/C22H30N4O4/c1-16-20(17(2)30-24-16)15-21(27)25-10-12-26(13-11-25)22(28)23-9-5-7-18-6-4-8-19(14-18)29-3/h4,6,8,14H,5,7,9-13,15H2,1-3H3,(H,23,28). The first-order valence-electron chi connectivity index (χ1n) is 10.3. The normalized spacial score (nSPS) is 14.0. The number of rotatable bonds is 7. The highest BCUT2D eigenvalue weighted by atomic mass is 16.5. The van der Waals surface area contributed by atoms with Crippen molar-refractivity contribution in [2.75, 3.05) is 39.8 Å². The van der Waals surface area contributed by atoms with Crippen molar-refractivity contribution in [3.63, 3.8) is 0 Å². The van der Waals surface area contributed by atoms with Crippen molar-refractivity contribution < 1.29 is 18.8 Å². The van der Waals surface area contributed by atoms with Crippen molar-refractivity contribution in [3.8, 4) is 5.75 Å². The van der Waals surface area contributed by atoms with Gasteiger partial charge in [0.15, 0.2) is 0 Å². The molecule has 0 spiro atoms. The summed E-state index contributed by atoms with van der Waals surface area (Å²) in [6, 6.07) is 7.89. The van der Waals surface area contributed by atoms with Crippen molar-refractivity contribution in [2.45, 2.75) is 33.1 Å². The summed E-state index contributed by atoms with van der Waals surface area (Å²) in [7, 11) is 1.66. The van der Waals surface area contributed by atoms with Gasteiger partial charge in [-0.15, -0.1) is 0 Å². The largest absolute Gasteiger partial charge is 0.497 e. The maximum Gasteiger partial charge on any atom is 0.317 e. The molecular weight excluding hydrogens is 384 g/mol. The molecule has 1 aliphatic rings. The summed E-state index contributed by atoms with van der Waals surface area (Å²) in [5.41, 5.74) is 2.80. The Hall–Kier alpha value is -3.03. The first kappa shape index (κ1) is 21.7. The number of piperazine rings is 1. The average molecular weight is 415 g/mol. The Morgan fingerprint density at radius 1 is 1.17 bits per heavy atom. The van der Waals surface area contributed by atoms with E-state index in [-0.39, 0.29) is 18.4 Å². The smallest absolute Gasteiger partial charge is 0.317 e. The molecule has 1 aromatic heterocycles. The number of aryl methyl sites for hydroxylation is 3. The van der Waals surface area contributed by atoms with Gasteiger partial charge in [0.2, 0.25) is 5.91 Å². The van der Waals surface area contributed by atoms with Crippen molar-refractivity contribution in [1.29, 1.82) is 0 Å². The van der Waals surface area contributed by atoms with E-state index in [1.165, 1.54) is 5.56 Å². The van der Waals surface area contributed by atoms with Crippen molar-refractivity contribution in [3.05, 3.63) is 46.8 Å². The Labute approximate surface area is 177 Å². The van der Waals surface area contributed by atoms with Gasteiger partial charge in [-0.2, -0.15) is 0 Å². The predicted molar refractivity (Wildman–Crippen MR) is 113 cm³/mol. The highest BCUT2D eigenvalue weighted by Gasteiger charge is 2.25.